The highest BCUT2D eigenvalue weighted by atomic mass is 16.5. The van der Waals surface area contributed by atoms with E-state index in [1.807, 2.05) is 12.1 Å². The van der Waals surface area contributed by atoms with Crippen LogP contribution in [0.5, 0.6) is 11.5 Å². The first-order chi connectivity index (χ1) is 16.7. The fraction of sp³-hybridized carbons (Fsp3) is 0.800. The van der Waals surface area contributed by atoms with Gasteiger partial charge in [0.25, 0.3) is 0 Å². The van der Waals surface area contributed by atoms with Crippen LogP contribution in [-0.4, -0.2) is 13.2 Å². The first-order valence-corrected chi connectivity index (χ1v) is 14.6. The molecule has 0 aliphatic heterocycles. The summed E-state index contributed by atoms with van der Waals surface area (Å²) in [5.74, 6) is 1.26. The van der Waals surface area contributed by atoms with Gasteiger partial charge in [-0.3, -0.25) is 0 Å². The van der Waals surface area contributed by atoms with E-state index >= 15 is 0 Å². The number of nitrogens with two attached hydrogens (primary N) is 2. The molecule has 0 saturated carbocycles. The molecule has 0 bridgehead atoms. The highest BCUT2D eigenvalue weighted by Gasteiger charge is 2.13. The Labute approximate surface area is 211 Å². The molecule has 0 radical (unpaired) electrons. The summed E-state index contributed by atoms with van der Waals surface area (Å²) in [6.45, 7) is 5.87. The van der Waals surface area contributed by atoms with Crippen LogP contribution in [0.3, 0.4) is 0 Å². The van der Waals surface area contributed by atoms with E-state index in [2.05, 4.69) is 13.8 Å². The molecule has 4 nitrogen and oxygen atoms in total. The van der Waals surface area contributed by atoms with Gasteiger partial charge in [-0.15, -0.1) is 0 Å². The molecule has 0 saturated heterocycles. The number of hydrogen-bond donors (Lipinski definition) is 2. The van der Waals surface area contributed by atoms with Crippen LogP contribution < -0.4 is 20.9 Å². The predicted octanol–water partition coefficient (Wildman–Crippen LogP) is 9.45. The van der Waals surface area contributed by atoms with Crippen LogP contribution in [0.15, 0.2) is 12.1 Å². The second kappa shape index (κ2) is 21.9. The molecule has 0 aliphatic rings. The van der Waals surface area contributed by atoms with E-state index in [1.54, 1.807) is 0 Å². The third kappa shape index (κ3) is 15.3. The summed E-state index contributed by atoms with van der Waals surface area (Å²) in [5, 5.41) is 0. The standard InChI is InChI=1S/C30H56N2O2/c1-3-5-7-9-11-13-15-17-19-21-25-33-29-27(31)23-24-28(32)30(29)34-26-22-20-18-16-14-12-10-8-6-4-2/h23-24H,3-22,25-26,31-32H2,1-2H3. The van der Waals surface area contributed by atoms with Crippen LogP contribution in [0.4, 0.5) is 11.4 Å². The summed E-state index contributed by atoms with van der Waals surface area (Å²) in [4.78, 5) is 0. The van der Waals surface area contributed by atoms with Gasteiger partial charge in [0.1, 0.15) is 0 Å². The maximum absolute atomic E-state index is 6.19. The number of hydrogen-bond acceptors (Lipinski definition) is 4. The summed E-state index contributed by atoms with van der Waals surface area (Å²) in [6.07, 6.45) is 26.2. The molecule has 0 fully saturated rings. The highest BCUT2D eigenvalue weighted by Crippen LogP contribution is 2.39. The molecule has 198 valence electrons. The SMILES string of the molecule is CCCCCCCCCCCCOc1c(N)ccc(N)c1OCCCCCCCCCCCC. The normalized spacial score (nSPS) is 11.1. The fourth-order valence-electron chi connectivity index (χ4n) is 4.42. The molecule has 0 atom stereocenters. The van der Waals surface area contributed by atoms with Crippen LogP contribution in [0, 0.1) is 0 Å². The lowest BCUT2D eigenvalue weighted by atomic mass is 10.1. The molecule has 0 aromatic heterocycles. The van der Waals surface area contributed by atoms with Crippen LogP contribution in [0.1, 0.15) is 142 Å². The minimum Gasteiger partial charge on any atom is -0.488 e. The Morgan fingerprint density at radius 1 is 0.441 bits per heavy atom. The van der Waals surface area contributed by atoms with Crippen molar-refractivity contribution < 1.29 is 9.47 Å². The van der Waals surface area contributed by atoms with Crippen molar-refractivity contribution in [2.45, 2.75) is 142 Å². The fourth-order valence-corrected chi connectivity index (χ4v) is 4.42. The quantitative estimate of drug-likeness (QED) is 0.115. The summed E-state index contributed by atoms with van der Waals surface area (Å²) in [5.41, 5.74) is 13.6. The second-order valence-corrected chi connectivity index (χ2v) is 9.96. The van der Waals surface area contributed by atoms with Gasteiger partial charge in [-0.25, -0.2) is 0 Å². The molecule has 0 amide bonds. The topological polar surface area (TPSA) is 70.5 Å². The minimum atomic E-state index is 0.611. The molecule has 4 N–H and O–H groups in total. The van der Waals surface area contributed by atoms with E-state index in [-0.39, 0.29) is 0 Å². The minimum absolute atomic E-state index is 0.611. The van der Waals surface area contributed by atoms with Crippen molar-refractivity contribution in [3.8, 4) is 11.5 Å². The lowest BCUT2D eigenvalue weighted by Crippen LogP contribution is -2.07. The summed E-state index contributed by atoms with van der Waals surface area (Å²) < 4.78 is 12.1. The van der Waals surface area contributed by atoms with Gasteiger partial charge in [-0.05, 0) is 25.0 Å². The lowest BCUT2D eigenvalue weighted by Gasteiger charge is -2.16. The number of anilines is 2. The van der Waals surface area contributed by atoms with E-state index in [0.717, 1.165) is 12.8 Å². The third-order valence-corrected chi connectivity index (χ3v) is 6.66. The van der Waals surface area contributed by atoms with E-state index in [1.165, 1.54) is 116 Å². The molecular formula is C30H56N2O2. The zero-order chi connectivity index (χ0) is 24.7. The predicted molar refractivity (Wildman–Crippen MR) is 150 cm³/mol. The second-order valence-electron chi connectivity index (χ2n) is 9.96. The van der Waals surface area contributed by atoms with Gasteiger partial charge in [-0.2, -0.15) is 0 Å². The van der Waals surface area contributed by atoms with Crippen LogP contribution in [0.2, 0.25) is 0 Å². The Hall–Kier alpha value is -1.58. The average Bonchev–Trinajstić information content (AvgIpc) is 2.84. The van der Waals surface area contributed by atoms with Gasteiger partial charge in [0.15, 0.2) is 11.5 Å². The first-order valence-electron chi connectivity index (χ1n) is 14.6. The van der Waals surface area contributed by atoms with Crippen molar-refractivity contribution in [3.63, 3.8) is 0 Å². The van der Waals surface area contributed by atoms with Crippen molar-refractivity contribution in [3.05, 3.63) is 12.1 Å². The van der Waals surface area contributed by atoms with Crippen LogP contribution in [-0.2, 0) is 0 Å². The molecule has 0 heterocycles. The molecule has 0 unspecified atom stereocenters. The maximum Gasteiger partial charge on any atom is 0.186 e. The average molecular weight is 477 g/mol. The number of nitrogen functional groups attached to an aromatic ring is 2. The molecule has 1 aromatic rings. The van der Waals surface area contributed by atoms with Gasteiger partial charge in [0.2, 0.25) is 0 Å². The Morgan fingerprint density at radius 2 is 0.706 bits per heavy atom. The molecule has 0 spiro atoms. The molecular weight excluding hydrogens is 420 g/mol. The van der Waals surface area contributed by atoms with Crippen molar-refractivity contribution in [1.82, 2.24) is 0 Å². The monoisotopic (exact) mass is 476 g/mol. The molecule has 34 heavy (non-hydrogen) atoms. The van der Waals surface area contributed by atoms with E-state index in [4.69, 9.17) is 20.9 Å². The third-order valence-electron chi connectivity index (χ3n) is 6.66. The van der Waals surface area contributed by atoms with Crippen molar-refractivity contribution in [2.24, 2.45) is 0 Å². The Balaban J connectivity index is 2.17. The zero-order valence-corrected chi connectivity index (χ0v) is 22.7. The summed E-state index contributed by atoms with van der Waals surface area (Å²) in [7, 11) is 0. The van der Waals surface area contributed by atoms with Gasteiger partial charge >= 0.3 is 0 Å². The largest absolute Gasteiger partial charge is 0.488 e. The Morgan fingerprint density at radius 3 is 1.00 bits per heavy atom. The van der Waals surface area contributed by atoms with Gasteiger partial charge in [0, 0.05) is 0 Å². The Kier molecular flexibility index (Phi) is 19.6. The number of unbranched alkanes of at least 4 members (excludes halogenated alkanes) is 18. The highest BCUT2D eigenvalue weighted by molar-refractivity contribution is 5.70. The van der Waals surface area contributed by atoms with Crippen molar-refractivity contribution >= 4 is 11.4 Å². The zero-order valence-electron chi connectivity index (χ0n) is 22.7. The number of ether oxygens (including phenoxy) is 2. The first kappa shape index (κ1) is 30.5. The van der Waals surface area contributed by atoms with E-state index < -0.39 is 0 Å². The van der Waals surface area contributed by atoms with Crippen molar-refractivity contribution in [1.29, 1.82) is 0 Å². The molecule has 1 aromatic carbocycles. The van der Waals surface area contributed by atoms with Crippen molar-refractivity contribution in [2.75, 3.05) is 24.7 Å². The van der Waals surface area contributed by atoms with Crippen LogP contribution >= 0.6 is 0 Å². The van der Waals surface area contributed by atoms with Crippen LogP contribution in [0.25, 0.3) is 0 Å². The lowest BCUT2D eigenvalue weighted by molar-refractivity contribution is 0.260. The number of benzene rings is 1. The smallest absolute Gasteiger partial charge is 0.186 e. The number of rotatable bonds is 24. The van der Waals surface area contributed by atoms with Gasteiger partial charge < -0.3 is 20.9 Å². The maximum atomic E-state index is 6.19. The molecule has 4 heteroatoms. The molecule has 1 rings (SSSR count). The summed E-state index contributed by atoms with van der Waals surface area (Å²) >= 11 is 0. The van der Waals surface area contributed by atoms with Gasteiger partial charge in [0.05, 0.1) is 24.6 Å². The summed E-state index contributed by atoms with van der Waals surface area (Å²) in [6, 6.07) is 3.63. The van der Waals surface area contributed by atoms with Gasteiger partial charge in [-0.1, -0.05) is 129 Å². The molecule has 0 aliphatic carbocycles. The Bertz CT molecular complexity index is 540. The van der Waals surface area contributed by atoms with E-state index in [9.17, 15) is 0 Å². The van der Waals surface area contributed by atoms with E-state index in [0.29, 0.717) is 36.1 Å².